The van der Waals surface area contributed by atoms with Crippen LogP contribution in [0.1, 0.15) is 12.6 Å². The van der Waals surface area contributed by atoms with E-state index in [1.807, 2.05) is 0 Å². The number of carbonyl (C=O) groups is 1. The van der Waals surface area contributed by atoms with Gasteiger partial charge in [-0.15, -0.1) is 0 Å². The number of carbonyl (C=O) groups excluding carboxylic acids is 1. The maximum Gasteiger partial charge on any atom is 0.469 e. The first-order chi connectivity index (χ1) is 17.6. The van der Waals surface area contributed by atoms with Gasteiger partial charge in [0.2, 0.25) is 0 Å². The number of nitrogens with two attached hydrogens (primary N) is 2. The molecule has 1 aromatic heterocycles. The molecule has 20 heteroatoms. The fourth-order valence-corrected chi connectivity index (χ4v) is 4.32. The van der Waals surface area contributed by atoms with Crippen molar-refractivity contribution in [1.82, 2.24) is 9.55 Å². The molecule has 2 saturated heterocycles. The summed E-state index contributed by atoms with van der Waals surface area (Å²) in [7, 11) is -5.09. The molecule has 0 saturated carbocycles. The number of phosphoric ester groups is 1. The lowest BCUT2D eigenvalue weighted by Gasteiger charge is -2.44. The number of aliphatic hydroxyl groups excluding tert-OH is 5. The molecule has 2 aliphatic rings. The summed E-state index contributed by atoms with van der Waals surface area (Å²) >= 11 is 0. The lowest BCUT2D eigenvalue weighted by Crippen LogP contribution is -2.66. The molecule has 1 aromatic rings. The third-order valence-electron chi connectivity index (χ3n) is 5.96. The third kappa shape index (κ3) is 6.54. The van der Waals surface area contributed by atoms with Crippen LogP contribution in [-0.2, 0) is 28.1 Å². The molecule has 2 aliphatic heterocycles. The molecule has 0 bridgehead atoms. The van der Waals surface area contributed by atoms with Gasteiger partial charge in [0.05, 0.1) is 25.4 Å². The first-order valence-electron chi connectivity index (χ1n) is 11.0. The molecule has 3 rings (SSSR count). The Labute approximate surface area is 213 Å². The lowest BCUT2D eigenvalue weighted by molar-refractivity contribution is -0.298. The van der Waals surface area contributed by atoms with Crippen LogP contribution >= 0.6 is 7.82 Å². The summed E-state index contributed by atoms with van der Waals surface area (Å²) in [5.74, 6) is -4.86. The van der Waals surface area contributed by atoms with Crippen LogP contribution in [0.5, 0.6) is 0 Å². The maximum absolute atomic E-state index is 13.0. The summed E-state index contributed by atoms with van der Waals surface area (Å²) in [6.07, 6.45) is -14.1. The van der Waals surface area contributed by atoms with Gasteiger partial charge in [-0.05, 0) is 6.07 Å². The zero-order chi connectivity index (χ0) is 28.6. The number of rotatable bonds is 9. The van der Waals surface area contributed by atoms with Crippen molar-refractivity contribution in [2.75, 3.05) is 18.9 Å². The molecule has 0 amide bonds. The number of nitrogens with zero attached hydrogens (tertiary/aromatic N) is 2. The average Bonchev–Trinajstić information content (AvgIpc) is 3.13. The normalized spacial score (nSPS) is 35.6. The minimum atomic E-state index is -5.09. The van der Waals surface area contributed by atoms with Crippen molar-refractivity contribution in [2.45, 2.75) is 67.2 Å². The van der Waals surface area contributed by atoms with E-state index in [4.69, 9.17) is 40.6 Å². The van der Waals surface area contributed by atoms with E-state index in [0.29, 0.717) is 0 Å². The molecule has 2 fully saturated rings. The van der Waals surface area contributed by atoms with Crippen molar-refractivity contribution in [3.05, 3.63) is 22.7 Å². The van der Waals surface area contributed by atoms with Crippen LogP contribution in [0.3, 0.4) is 0 Å². The smallest absolute Gasteiger partial charge is 0.453 e. The van der Waals surface area contributed by atoms with Crippen LogP contribution in [-0.4, -0.2) is 124 Å². The summed E-state index contributed by atoms with van der Waals surface area (Å²) < 4.78 is 32.1. The van der Waals surface area contributed by atoms with E-state index < -0.39 is 99.9 Å². The third-order valence-corrected chi connectivity index (χ3v) is 6.45. The molecule has 0 unspecified atom stereocenters. The molecule has 0 aromatic carbocycles. The van der Waals surface area contributed by atoms with Crippen molar-refractivity contribution in [1.29, 1.82) is 0 Å². The largest absolute Gasteiger partial charge is 0.469 e. The molecule has 0 aliphatic carbocycles. The summed E-state index contributed by atoms with van der Waals surface area (Å²) in [6.45, 7) is -1.93. The molecule has 0 radical (unpaired) electrons. The van der Waals surface area contributed by atoms with Gasteiger partial charge in [-0.3, -0.25) is 9.09 Å². The van der Waals surface area contributed by atoms with E-state index in [1.54, 1.807) is 0 Å². The monoisotopic (exact) mass is 572 g/mol. The molecular weight excluding hydrogens is 543 g/mol. The predicted octanol–water partition coefficient (Wildman–Crippen LogP) is -6.02. The highest BCUT2D eigenvalue weighted by Crippen LogP contribution is 2.39. The maximum atomic E-state index is 13.0. The molecule has 0 spiro atoms. The Balaban J connectivity index is 1.87. The van der Waals surface area contributed by atoms with Gasteiger partial charge >= 0.3 is 19.5 Å². The molecule has 12 N–H and O–H groups in total. The fraction of sp³-hybridized carbons (Fsp3) is 0.722. The van der Waals surface area contributed by atoms with Crippen LogP contribution in [0.25, 0.3) is 0 Å². The van der Waals surface area contributed by atoms with E-state index in [-0.39, 0.29) is 5.82 Å². The number of phosphoric acid groups is 1. The second-order valence-electron chi connectivity index (χ2n) is 8.71. The standard InChI is InChI=1S/C18H29N4O15P/c19-9-1-2-22(17(29)21-9)15-12(27)13(8(35-15)5-34-38(31,32)33)36-16(28)18(30)3-6(24)10(20)14(37-18)11(26)7(25)4-23/h1-2,6-8,10-15,23-27,30H,3-5,20H2,(H2,19,21,29)(H2,31,32,33)/t6-,7+,8+,10+,11+,12+,13+,14+,15+,18-/m0/s1. The highest BCUT2D eigenvalue weighted by molar-refractivity contribution is 7.46. The Morgan fingerprint density at radius 1 is 1.34 bits per heavy atom. The van der Waals surface area contributed by atoms with Gasteiger partial charge in [-0.2, -0.15) is 4.98 Å². The Morgan fingerprint density at radius 3 is 2.58 bits per heavy atom. The molecule has 38 heavy (non-hydrogen) atoms. The first-order valence-corrected chi connectivity index (χ1v) is 12.5. The van der Waals surface area contributed by atoms with E-state index in [9.17, 15) is 39.7 Å². The summed E-state index contributed by atoms with van der Waals surface area (Å²) in [5.41, 5.74) is 10.2. The number of hydrogen-bond donors (Lipinski definition) is 10. The van der Waals surface area contributed by atoms with Gasteiger partial charge in [0.1, 0.15) is 36.3 Å². The van der Waals surface area contributed by atoms with Crippen molar-refractivity contribution in [2.24, 2.45) is 5.73 Å². The summed E-state index contributed by atoms with van der Waals surface area (Å²) in [5, 5.41) is 60.8. The van der Waals surface area contributed by atoms with Gasteiger partial charge in [0, 0.05) is 12.6 Å². The van der Waals surface area contributed by atoms with Gasteiger partial charge < -0.3 is 66.1 Å². The minimum absolute atomic E-state index is 0.167. The number of nitrogen functional groups attached to an aromatic ring is 1. The van der Waals surface area contributed by atoms with Crippen molar-refractivity contribution < 1.29 is 68.5 Å². The van der Waals surface area contributed by atoms with Crippen molar-refractivity contribution in [3.63, 3.8) is 0 Å². The van der Waals surface area contributed by atoms with E-state index in [0.717, 1.165) is 10.8 Å². The Kier molecular flexibility index (Phi) is 9.26. The number of aliphatic hydroxyl groups is 6. The SMILES string of the molecule is Nc1ccn([C@@H]2O[C@H](COP(=O)(O)O)[C@@H](OC(=O)[C@]3(O)C[C@H](O)[C@@H](N)[C@H]([C@H](O)[C@H](O)CO)O3)[C@H]2O)c(=O)n1. The Hall–Kier alpha value is -2.10. The van der Waals surface area contributed by atoms with Crippen LogP contribution in [0.4, 0.5) is 5.82 Å². The quantitative estimate of drug-likeness (QED) is 0.0972. The zero-order valence-electron chi connectivity index (χ0n) is 19.4. The summed E-state index contributed by atoms with van der Waals surface area (Å²) in [6, 6.07) is -0.258. The Morgan fingerprint density at radius 2 is 2.00 bits per heavy atom. The number of hydrogen-bond acceptors (Lipinski definition) is 16. The summed E-state index contributed by atoms with van der Waals surface area (Å²) in [4.78, 5) is 46.7. The van der Waals surface area contributed by atoms with Crippen molar-refractivity contribution in [3.8, 4) is 0 Å². The van der Waals surface area contributed by atoms with Crippen LogP contribution in [0.15, 0.2) is 17.1 Å². The molecule has 10 atom stereocenters. The number of ether oxygens (including phenoxy) is 3. The first kappa shape index (κ1) is 30.4. The molecule has 216 valence electrons. The van der Waals surface area contributed by atoms with Gasteiger partial charge in [0.15, 0.2) is 12.3 Å². The molecule has 19 nitrogen and oxygen atoms in total. The Bertz CT molecular complexity index is 1100. The average molecular weight is 572 g/mol. The van der Waals surface area contributed by atoms with Gasteiger partial charge in [0.25, 0.3) is 5.79 Å². The van der Waals surface area contributed by atoms with E-state index in [1.165, 1.54) is 6.07 Å². The van der Waals surface area contributed by atoms with Crippen LogP contribution in [0, 0.1) is 0 Å². The zero-order valence-corrected chi connectivity index (χ0v) is 20.3. The number of esters is 1. The van der Waals surface area contributed by atoms with Gasteiger partial charge in [-0.25, -0.2) is 14.2 Å². The second-order valence-corrected chi connectivity index (χ2v) is 9.95. The number of anilines is 1. The highest BCUT2D eigenvalue weighted by atomic mass is 31.2. The molecular formula is C18H29N4O15P. The van der Waals surface area contributed by atoms with Crippen LogP contribution in [0.2, 0.25) is 0 Å². The van der Waals surface area contributed by atoms with E-state index in [2.05, 4.69) is 9.51 Å². The lowest BCUT2D eigenvalue weighted by atomic mass is 9.89. The fourth-order valence-electron chi connectivity index (χ4n) is 3.98. The van der Waals surface area contributed by atoms with Gasteiger partial charge in [-0.1, -0.05) is 0 Å². The van der Waals surface area contributed by atoms with Crippen molar-refractivity contribution >= 4 is 19.6 Å². The second kappa shape index (κ2) is 11.6. The topological polar surface area (TPSA) is 320 Å². The van der Waals surface area contributed by atoms with E-state index >= 15 is 0 Å². The van der Waals surface area contributed by atoms with Crippen LogP contribution < -0.4 is 17.2 Å². The minimum Gasteiger partial charge on any atom is -0.453 e. The molecule has 3 heterocycles. The predicted molar refractivity (Wildman–Crippen MR) is 118 cm³/mol. The highest BCUT2D eigenvalue weighted by Gasteiger charge is 2.56. The number of aromatic nitrogens is 2.